The average Bonchev–Trinajstić information content (AvgIpc) is 1.35. The van der Waals surface area contributed by atoms with E-state index in [0.29, 0.717) is 0 Å². The Morgan fingerprint density at radius 1 is 1.67 bits per heavy atom. The second-order valence-electron chi connectivity index (χ2n) is 0.855. The number of hydrogen-bond acceptors (Lipinski definition) is 0. The summed E-state index contributed by atoms with van der Waals surface area (Å²) in [4.78, 5) is 0. The third kappa shape index (κ3) is 4.14. The van der Waals surface area contributed by atoms with Crippen molar-refractivity contribution in [1.82, 2.24) is 0 Å². The molecule has 0 spiro atoms. The van der Waals surface area contributed by atoms with Crippen molar-refractivity contribution >= 4 is 23.2 Å². The highest BCUT2D eigenvalue weighted by Crippen LogP contribution is 1.87. The molecule has 0 N–H and O–H groups in total. The Kier molecular flexibility index (Phi) is 3.41. The summed E-state index contributed by atoms with van der Waals surface area (Å²) in [7, 11) is 0. The van der Waals surface area contributed by atoms with Gasteiger partial charge in [-0.2, -0.15) is 0 Å². The highest BCUT2D eigenvalue weighted by molar-refractivity contribution is 6.31. The maximum absolute atomic E-state index is 5.32. The molecule has 0 aliphatic rings. The third-order valence-electron chi connectivity index (χ3n) is 0.253. The zero-order chi connectivity index (χ0) is 4.99. The molecule has 0 heterocycles. The molecule has 1 unspecified atom stereocenters. The van der Waals surface area contributed by atoms with Crippen LogP contribution in [0.1, 0.15) is 6.92 Å². The molecule has 0 bridgehead atoms. The topological polar surface area (TPSA) is 0 Å². The molecule has 2 heteroatoms. The Labute approximate surface area is 47.4 Å². The van der Waals surface area contributed by atoms with Crippen LogP contribution in [0.5, 0.6) is 0 Å². The van der Waals surface area contributed by atoms with Gasteiger partial charge in [-0.15, -0.1) is 11.6 Å². The van der Waals surface area contributed by atoms with E-state index >= 15 is 0 Å². The molecule has 1 atom stereocenters. The molecule has 6 heavy (non-hydrogen) atoms. The second kappa shape index (κ2) is 3.33. The predicted octanol–water partition coefficient (Wildman–Crippen LogP) is 1.81. The van der Waals surface area contributed by atoms with Gasteiger partial charge in [-0.1, -0.05) is 5.92 Å². The fourth-order valence-electron chi connectivity index (χ4n) is 0.0752. The van der Waals surface area contributed by atoms with Crippen LogP contribution < -0.4 is 0 Å². The maximum Gasteiger partial charge on any atom is 0.0927 e. The van der Waals surface area contributed by atoms with Gasteiger partial charge in [0.2, 0.25) is 0 Å². The van der Waals surface area contributed by atoms with Gasteiger partial charge in [0.15, 0.2) is 0 Å². The molecule has 0 aromatic heterocycles. The van der Waals surface area contributed by atoms with Crippen molar-refractivity contribution in [3.8, 4) is 11.3 Å². The monoisotopic (exact) mass is 122 g/mol. The molecule has 0 radical (unpaired) electrons. The standard InChI is InChI=1S/C4H4Cl2/c1-4(6)2-3-5/h4H,1H3. The van der Waals surface area contributed by atoms with Crippen LogP contribution in [0.2, 0.25) is 0 Å². The van der Waals surface area contributed by atoms with E-state index in [1.54, 1.807) is 6.92 Å². The van der Waals surface area contributed by atoms with E-state index in [4.69, 9.17) is 23.2 Å². The van der Waals surface area contributed by atoms with Crippen LogP contribution in [0.4, 0.5) is 0 Å². The summed E-state index contributed by atoms with van der Waals surface area (Å²) < 4.78 is 0. The highest BCUT2D eigenvalue weighted by atomic mass is 35.5. The number of alkyl halides is 1. The van der Waals surface area contributed by atoms with Gasteiger partial charge in [0.05, 0.1) is 5.38 Å². The molecule has 0 nitrogen and oxygen atoms in total. The molecular formula is C4H4Cl2. The van der Waals surface area contributed by atoms with Crippen LogP contribution in [0.15, 0.2) is 0 Å². The minimum Gasteiger partial charge on any atom is -0.109 e. The summed E-state index contributed by atoms with van der Waals surface area (Å²) >= 11 is 10.3. The molecule has 0 aliphatic carbocycles. The van der Waals surface area contributed by atoms with Gasteiger partial charge in [-0.3, -0.25) is 0 Å². The summed E-state index contributed by atoms with van der Waals surface area (Å²) in [5.74, 6) is 2.49. The van der Waals surface area contributed by atoms with Gasteiger partial charge in [0, 0.05) is 5.38 Å². The van der Waals surface area contributed by atoms with Gasteiger partial charge >= 0.3 is 0 Å². The van der Waals surface area contributed by atoms with Crippen LogP contribution >= 0.6 is 23.2 Å². The minimum atomic E-state index is -0.123. The van der Waals surface area contributed by atoms with Crippen molar-refractivity contribution in [2.75, 3.05) is 0 Å². The van der Waals surface area contributed by atoms with Gasteiger partial charge in [0.25, 0.3) is 0 Å². The first kappa shape index (κ1) is 6.14. The summed E-state index contributed by atoms with van der Waals surface area (Å²) in [6.45, 7) is 1.76. The van der Waals surface area contributed by atoms with Crippen molar-refractivity contribution in [2.45, 2.75) is 12.3 Å². The second-order valence-corrected chi connectivity index (χ2v) is 1.70. The minimum absolute atomic E-state index is 0.123. The quantitative estimate of drug-likeness (QED) is 0.340. The Balaban J connectivity index is 3.20. The average molecular weight is 123 g/mol. The van der Waals surface area contributed by atoms with Crippen molar-refractivity contribution in [3.63, 3.8) is 0 Å². The highest BCUT2D eigenvalue weighted by Gasteiger charge is 1.80. The largest absolute Gasteiger partial charge is 0.109 e. The Morgan fingerprint density at radius 2 is 2.17 bits per heavy atom. The Morgan fingerprint density at radius 3 is 2.17 bits per heavy atom. The lowest BCUT2D eigenvalue weighted by Crippen LogP contribution is -1.78. The van der Waals surface area contributed by atoms with E-state index in [2.05, 4.69) is 11.3 Å². The molecule has 0 rings (SSSR count). The molecule has 0 amide bonds. The first-order chi connectivity index (χ1) is 2.77. The third-order valence-corrected chi connectivity index (χ3v) is 0.472. The van der Waals surface area contributed by atoms with E-state index in [-0.39, 0.29) is 5.38 Å². The van der Waals surface area contributed by atoms with E-state index < -0.39 is 0 Å². The smallest absolute Gasteiger partial charge is 0.0927 e. The van der Waals surface area contributed by atoms with Crippen LogP contribution in [0, 0.1) is 11.3 Å². The Bertz CT molecular complexity index is 75.3. The van der Waals surface area contributed by atoms with Crippen molar-refractivity contribution in [2.24, 2.45) is 0 Å². The van der Waals surface area contributed by atoms with Crippen molar-refractivity contribution in [3.05, 3.63) is 0 Å². The van der Waals surface area contributed by atoms with Gasteiger partial charge < -0.3 is 0 Å². The molecule has 0 aliphatic heterocycles. The fourth-order valence-corrected chi connectivity index (χ4v) is 0.349. The number of hydrogen-bond donors (Lipinski definition) is 0. The lowest BCUT2D eigenvalue weighted by Gasteiger charge is -1.78. The number of rotatable bonds is 0. The van der Waals surface area contributed by atoms with E-state index in [0.717, 1.165) is 0 Å². The SMILES string of the molecule is CC(Cl)C#CCl. The van der Waals surface area contributed by atoms with Crippen LogP contribution in [0.3, 0.4) is 0 Å². The van der Waals surface area contributed by atoms with E-state index in [9.17, 15) is 0 Å². The zero-order valence-corrected chi connectivity index (χ0v) is 4.85. The molecule has 0 saturated carbocycles. The van der Waals surface area contributed by atoms with Crippen molar-refractivity contribution < 1.29 is 0 Å². The molecular weight excluding hydrogens is 119 g/mol. The molecule has 0 saturated heterocycles. The first-order valence-corrected chi connectivity index (χ1v) is 2.34. The lowest BCUT2D eigenvalue weighted by atomic mass is 10.5. The summed E-state index contributed by atoms with van der Waals surface area (Å²) in [5, 5.41) is 2.03. The molecule has 0 aromatic rings. The van der Waals surface area contributed by atoms with Gasteiger partial charge in [-0.05, 0) is 18.5 Å². The van der Waals surface area contributed by atoms with Gasteiger partial charge in [0.1, 0.15) is 0 Å². The van der Waals surface area contributed by atoms with E-state index in [1.165, 1.54) is 0 Å². The normalized spacial score (nSPS) is 11.8. The summed E-state index contributed by atoms with van der Waals surface area (Å²) in [5.41, 5.74) is 0. The molecule has 0 fully saturated rings. The van der Waals surface area contributed by atoms with E-state index in [1.807, 2.05) is 0 Å². The summed E-state index contributed by atoms with van der Waals surface area (Å²) in [6.07, 6.45) is 0. The number of halogens is 2. The predicted molar refractivity (Wildman–Crippen MR) is 28.9 cm³/mol. The van der Waals surface area contributed by atoms with Gasteiger partial charge in [-0.25, -0.2) is 0 Å². The Hall–Kier alpha value is 0.140. The van der Waals surface area contributed by atoms with Crippen molar-refractivity contribution in [1.29, 1.82) is 0 Å². The van der Waals surface area contributed by atoms with Crippen LogP contribution in [0.25, 0.3) is 0 Å². The first-order valence-electron chi connectivity index (χ1n) is 1.52. The van der Waals surface area contributed by atoms with Crippen LogP contribution in [-0.4, -0.2) is 5.38 Å². The molecule has 34 valence electrons. The lowest BCUT2D eigenvalue weighted by molar-refractivity contribution is 1.29. The zero-order valence-electron chi connectivity index (χ0n) is 3.33. The summed E-state index contributed by atoms with van der Waals surface area (Å²) in [6, 6.07) is 0. The maximum atomic E-state index is 5.32. The van der Waals surface area contributed by atoms with Crippen LogP contribution in [-0.2, 0) is 0 Å². The fraction of sp³-hybridized carbons (Fsp3) is 0.500. The molecule has 0 aromatic carbocycles.